The Morgan fingerprint density at radius 3 is 1.55 bits per heavy atom. The second kappa shape index (κ2) is 19.4. The summed E-state index contributed by atoms with van der Waals surface area (Å²) in [5.41, 5.74) is 0.886. The van der Waals surface area contributed by atoms with E-state index in [-0.39, 0.29) is 73.0 Å². The Morgan fingerprint density at radius 1 is 0.705 bits per heavy atom. The zero-order chi connectivity index (χ0) is 31.8. The monoisotopic (exact) mass is 684 g/mol. The first kappa shape index (κ1) is 38.1. The summed E-state index contributed by atoms with van der Waals surface area (Å²) >= 11 is 0. The van der Waals surface area contributed by atoms with Crippen LogP contribution in [0.25, 0.3) is 0 Å². The van der Waals surface area contributed by atoms with Crippen molar-refractivity contribution < 1.29 is 69.1 Å². The van der Waals surface area contributed by atoms with Crippen LogP contribution in [0.1, 0.15) is 20.7 Å². The van der Waals surface area contributed by atoms with Gasteiger partial charge in [0.15, 0.2) is 0 Å². The largest absolute Gasteiger partial charge is 2.00 e. The van der Waals surface area contributed by atoms with Gasteiger partial charge in [-0.3, -0.25) is 19.3 Å². The SMILES string of the molecule is NS(=O)(=O)c1ccc(C(=O)NCCOCCOCCNC(=O)c2ccc(NC(=O)CN(CC(=O)[O-])CC(=O)[O-])cc2)cc1.[Cu+2]. The van der Waals surface area contributed by atoms with Gasteiger partial charge in [-0.25, -0.2) is 13.6 Å². The summed E-state index contributed by atoms with van der Waals surface area (Å²) in [6.45, 7) is -0.686. The number of amides is 3. The number of carbonyl (C=O) groups is 5. The molecular weight excluding hydrogens is 654 g/mol. The molecule has 3 amide bonds. The standard InChI is InChI=1S/C26H33N5O11S.Cu/c27-43(39,40)21-7-3-19(4-8-21)26(38)29-10-12-42-14-13-41-11-9-28-25(37)18-1-5-20(6-2-18)30-22(32)15-31(16-23(33)34)17-24(35)36;/h1-8H,9-17H2,(H,28,37)(H,29,38)(H,30,32)(H,33,34)(H,35,36)(H2,27,39,40);/q;+2/p-2. The van der Waals surface area contributed by atoms with Crippen LogP contribution in [0.15, 0.2) is 53.4 Å². The second-order valence-corrected chi connectivity index (χ2v) is 10.4. The summed E-state index contributed by atoms with van der Waals surface area (Å²) in [5, 5.41) is 34.2. The molecule has 243 valence electrons. The van der Waals surface area contributed by atoms with E-state index in [0.717, 1.165) is 4.90 Å². The molecule has 0 aliphatic heterocycles. The number of nitrogens with zero attached hydrogens (tertiary/aromatic N) is 1. The molecule has 0 heterocycles. The van der Waals surface area contributed by atoms with Crippen LogP contribution in [-0.2, 0) is 50.9 Å². The summed E-state index contributed by atoms with van der Waals surface area (Å²) in [5.74, 6) is -4.54. The fraction of sp³-hybridized carbons (Fsp3) is 0.346. The Balaban J connectivity index is 0.00000968. The normalized spacial score (nSPS) is 10.9. The van der Waals surface area contributed by atoms with Gasteiger partial charge in [0, 0.05) is 43.0 Å². The molecule has 44 heavy (non-hydrogen) atoms. The van der Waals surface area contributed by atoms with E-state index in [4.69, 9.17) is 14.6 Å². The maximum atomic E-state index is 12.3. The maximum absolute atomic E-state index is 12.3. The van der Waals surface area contributed by atoms with Gasteiger partial charge in [0.1, 0.15) is 0 Å². The predicted molar refractivity (Wildman–Crippen MR) is 146 cm³/mol. The Hall–Kier alpha value is -3.90. The van der Waals surface area contributed by atoms with Crippen LogP contribution in [-0.4, -0.2) is 102 Å². The van der Waals surface area contributed by atoms with Crippen molar-refractivity contribution in [1.82, 2.24) is 15.5 Å². The molecule has 0 spiro atoms. The zero-order valence-electron chi connectivity index (χ0n) is 23.2. The van der Waals surface area contributed by atoms with Crippen molar-refractivity contribution in [3.63, 3.8) is 0 Å². The van der Waals surface area contributed by atoms with Crippen LogP contribution in [0.5, 0.6) is 0 Å². The number of primary sulfonamides is 1. The summed E-state index contributed by atoms with van der Waals surface area (Å²) in [7, 11) is -3.83. The van der Waals surface area contributed by atoms with E-state index in [0.29, 0.717) is 11.3 Å². The molecule has 0 saturated carbocycles. The number of benzene rings is 2. The maximum Gasteiger partial charge on any atom is 2.00 e. The average Bonchev–Trinajstić information content (AvgIpc) is 2.93. The molecule has 0 aromatic heterocycles. The van der Waals surface area contributed by atoms with Crippen LogP contribution in [0.3, 0.4) is 0 Å². The number of sulfonamides is 1. The Morgan fingerprint density at radius 2 is 1.14 bits per heavy atom. The molecule has 0 bridgehead atoms. The molecule has 0 fully saturated rings. The van der Waals surface area contributed by atoms with Crippen LogP contribution in [0, 0.1) is 0 Å². The molecule has 16 nitrogen and oxygen atoms in total. The quantitative estimate of drug-likeness (QED) is 0.0823. The van der Waals surface area contributed by atoms with Crippen LogP contribution in [0.2, 0.25) is 0 Å². The molecular formula is C26H31CuN5O11S. The third-order valence-corrected chi connectivity index (χ3v) is 6.31. The van der Waals surface area contributed by atoms with Gasteiger partial charge < -0.3 is 45.2 Å². The van der Waals surface area contributed by atoms with Gasteiger partial charge in [0.25, 0.3) is 11.8 Å². The number of hydrogen-bond acceptors (Lipinski definition) is 12. The fourth-order valence-corrected chi connectivity index (χ4v) is 3.95. The van der Waals surface area contributed by atoms with E-state index in [2.05, 4.69) is 16.0 Å². The van der Waals surface area contributed by atoms with Crippen molar-refractivity contribution in [3.8, 4) is 0 Å². The molecule has 0 aliphatic carbocycles. The van der Waals surface area contributed by atoms with E-state index < -0.39 is 53.4 Å². The minimum atomic E-state index is -3.83. The zero-order valence-corrected chi connectivity index (χ0v) is 25.0. The van der Waals surface area contributed by atoms with Crippen molar-refractivity contribution in [3.05, 3.63) is 59.7 Å². The van der Waals surface area contributed by atoms with Crippen molar-refractivity contribution in [2.24, 2.45) is 5.14 Å². The van der Waals surface area contributed by atoms with Gasteiger partial charge in [-0.1, -0.05) is 0 Å². The number of aliphatic carboxylic acids is 2. The predicted octanol–water partition coefficient (Wildman–Crippen LogP) is -3.74. The summed E-state index contributed by atoms with van der Waals surface area (Å²) in [6, 6.07) is 11.0. The topological polar surface area (TPSA) is 249 Å². The van der Waals surface area contributed by atoms with Gasteiger partial charge in [0.2, 0.25) is 15.9 Å². The number of ether oxygens (including phenoxy) is 2. The molecule has 0 aliphatic rings. The summed E-state index contributed by atoms with van der Waals surface area (Å²) in [4.78, 5) is 58.6. The van der Waals surface area contributed by atoms with Gasteiger partial charge in [-0.2, -0.15) is 0 Å². The Kier molecular flexibility index (Phi) is 16.8. The summed E-state index contributed by atoms with van der Waals surface area (Å²) in [6.07, 6.45) is 0. The molecule has 2 rings (SSSR count). The summed E-state index contributed by atoms with van der Waals surface area (Å²) < 4.78 is 33.2. The molecule has 2 aromatic rings. The minimum Gasteiger partial charge on any atom is -0.549 e. The first-order chi connectivity index (χ1) is 20.3. The van der Waals surface area contributed by atoms with E-state index in [1.54, 1.807) is 0 Å². The first-order valence-corrected chi connectivity index (χ1v) is 14.3. The van der Waals surface area contributed by atoms with E-state index in [1.807, 2.05) is 0 Å². The number of carbonyl (C=O) groups excluding carboxylic acids is 5. The van der Waals surface area contributed by atoms with Crippen molar-refractivity contribution in [2.75, 3.05) is 64.5 Å². The number of rotatable bonds is 19. The van der Waals surface area contributed by atoms with Crippen LogP contribution in [0.4, 0.5) is 5.69 Å². The number of hydrogen-bond donors (Lipinski definition) is 4. The smallest absolute Gasteiger partial charge is 0.549 e. The Labute approximate surface area is 263 Å². The number of nitrogens with one attached hydrogen (secondary N) is 3. The van der Waals surface area contributed by atoms with Gasteiger partial charge in [0.05, 0.1) is 49.8 Å². The third kappa shape index (κ3) is 15.0. The molecule has 18 heteroatoms. The van der Waals surface area contributed by atoms with Gasteiger partial charge >= 0.3 is 17.1 Å². The Bertz CT molecular complexity index is 1360. The molecule has 5 N–H and O–H groups in total. The molecule has 0 unspecified atom stereocenters. The van der Waals surface area contributed by atoms with E-state index in [9.17, 15) is 42.6 Å². The number of carboxylic acid groups (broad SMARTS) is 2. The molecule has 0 saturated heterocycles. The number of nitrogens with two attached hydrogens (primary N) is 1. The third-order valence-electron chi connectivity index (χ3n) is 5.38. The van der Waals surface area contributed by atoms with Crippen molar-refractivity contribution in [1.29, 1.82) is 0 Å². The van der Waals surface area contributed by atoms with E-state index >= 15 is 0 Å². The molecule has 0 atom stereocenters. The van der Waals surface area contributed by atoms with Crippen molar-refractivity contribution in [2.45, 2.75) is 4.90 Å². The average molecular weight is 685 g/mol. The van der Waals surface area contributed by atoms with Crippen LogP contribution < -0.4 is 31.3 Å². The number of carboxylic acids is 2. The second-order valence-electron chi connectivity index (χ2n) is 8.82. The van der Waals surface area contributed by atoms with Gasteiger partial charge in [-0.05, 0) is 48.5 Å². The molecule has 2 aromatic carbocycles. The van der Waals surface area contributed by atoms with E-state index in [1.165, 1.54) is 48.5 Å². The minimum absolute atomic E-state index is 0. The first-order valence-electron chi connectivity index (χ1n) is 12.7. The van der Waals surface area contributed by atoms with Crippen LogP contribution >= 0.6 is 0 Å². The van der Waals surface area contributed by atoms with Gasteiger partial charge in [-0.15, -0.1) is 0 Å². The van der Waals surface area contributed by atoms with Crippen molar-refractivity contribution >= 4 is 45.4 Å². The number of anilines is 1. The molecule has 1 radical (unpaired) electrons. The fourth-order valence-electron chi connectivity index (χ4n) is 3.44.